The van der Waals surface area contributed by atoms with Crippen LogP contribution in [0.4, 0.5) is 25.8 Å². The quantitative estimate of drug-likeness (QED) is 0.386. The molecule has 1 heterocycles. The zero-order valence-electron chi connectivity index (χ0n) is 18.3. The number of carbonyl (C=O) groups excluding carboxylic acids is 1. The van der Waals surface area contributed by atoms with E-state index in [1.807, 2.05) is 30.3 Å². The number of amides is 1. The van der Waals surface area contributed by atoms with Crippen molar-refractivity contribution in [3.8, 4) is 0 Å². The smallest absolute Gasteiger partial charge is 0.271 e. The maximum absolute atomic E-state index is 13.5. The second-order valence-electron chi connectivity index (χ2n) is 7.36. The maximum Gasteiger partial charge on any atom is 0.271 e. The van der Waals surface area contributed by atoms with E-state index in [2.05, 4.69) is 23.7 Å². The van der Waals surface area contributed by atoms with E-state index in [9.17, 15) is 13.6 Å². The van der Waals surface area contributed by atoms with Gasteiger partial charge in [-0.05, 0) is 97.9 Å². The van der Waals surface area contributed by atoms with Crippen molar-refractivity contribution in [3.05, 3.63) is 94.9 Å². The fraction of sp³-hybridized carbons (Fsp3) is 0.154. The molecule has 1 aliphatic rings. The van der Waals surface area contributed by atoms with Gasteiger partial charge in [0, 0.05) is 18.8 Å². The Morgan fingerprint density at radius 1 is 0.879 bits per heavy atom. The van der Waals surface area contributed by atoms with Crippen LogP contribution < -0.4 is 9.80 Å². The van der Waals surface area contributed by atoms with Crippen molar-refractivity contribution in [2.24, 2.45) is 4.99 Å². The Kier molecular flexibility index (Phi) is 6.89. The van der Waals surface area contributed by atoms with Gasteiger partial charge in [-0.25, -0.2) is 13.8 Å². The first-order valence-corrected chi connectivity index (χ1v) is 11.5. The largest absolute Gasteiger partial charge is 0.372 e. The van der Waals surface area contributed by atoms with Crippen molar-refractivity contribution in [2.45, 2.75) is 13.8 Å². The summed E-state index contributed by atoms with van der Waals surface area (Å²) in [5.41, 5.74) is 3.04. The summed E-state index contributed by atoms with van der Waals surface area (Å²) in [5, 5.41) is 0.421. The lowest BCUT2D eigenvalue weighted by Crippen LogP contribution is -2.28. The minimum absolute atomic E-state index is 0.250. The molecule has 4 rings (SSSR count). The van der Waals surface area contributed by atoms with E-state index in [1.165, 1.54) is 53.1 Å². The van der Waals surface area contributed by atoms with Crippen molar-refractivity contribution in [2.75, 3.05) is 22.9 Å². The highest BCUT2D eigenvalue weighted by atomic mass is 32.2. The summed E-state index contributed by atoms with van der Waals surface area (Å²) in [6.07, 6.45) is 1.82. The van der Waals surface area contributed by atoms with Gasteiger partial charge in [0.15, 0.2) is 5.17 Å². The first kappa shape index (κ1) is 22.7. The molecule has 0 unspecified atom stereocenters. The molecule has 3 aromatic rings. The predicted molar refractivity (Wildman–Crippen MR) is 133 cm³/mol. The number of aliphatic imine (C=N–C) groups is 1. The van der Waals surface area contributed by atoms with Crippen molar-refractivity contribution in [1.82, 2.24) is 0 Å². The van der Waals surface area contributed by atoms with E-state index >= 15 is 0 Å². The number of benzene rings is 3. The van der Waals surface area contributed by atoms with Crippen LogP contribution in [-0.4, -0.2) is 24.2 Å². The van der Waals surface area contributed by atoms with Crippen LogP contribution in [0.5, 0.6) is 0 Å². The van der Waals surface area contributed by atoms with E-state index in [0.717, 1.165) is 24.3 Å². The summed E-state index contributed by atoms with van der Waals surface area (Å²) >= 11 is 1.23. The summed E-state index contributed by atoms with van der Waals surface area (Å²) < 4.78 is 26.8. The van der Waals surface area contributed by atoms with Crippen LogP contribution in [0.25, 0.3) is 6.08 Å². The molecule has 3 aromatic carbocycles. The van der Waals surface area contributed by atoms with Gasteiger partial charge in [-0.3, -0.25) is 9.69 Å². The molecular weight excluding hydrogens is 440 g/mol. The summed E-state index contributed by atoms with van der Waals surface area (Å²) in [6.45, 7) is 6.06. The Balaban J connectivity index is 1.69. The first-order valence-electron chi connectivity index (χ1n) is 10.7. The van der Waals surface area contributed by atoms with Crippen molar-refractivity contribution >= 4 is 46.0 Å². The monoisotopic (exact) mass is 463 g/mol. The SMILES string of the molecule is CCN(CC)c1ccc(/C=C2/SC(=Nc3ccc(F)cc3)N(c3ccc(F)cc3)C2=O)cc1. The summed E-state index contributed by atoms with van der Waals surface area (Å²) in [4.78, 5) is 22.1. The fourth-order valence-corrected chi connectivity index (χ4v) is 4.52. The van der Waals surface area contributed by atoms with Gasteiger partial charge < -0.3 is 4.90 Å². The highest BCUT2D eigenvalue weighted by Gasteiger charge is 2.34. The summed E-state index contributed by atoms with van der Waals surface area (Å²) in [5.74, 6) is -1.00. The van der Waals surface area contributed by atoms with Gasteiger partial charge >= 0.3 is 0 Å². The first-order chi connectivity index (χ1) is 16.0. The molecule has 4 nitrogen and oxygen atoms in total. The predicted octanol–water partition coefficient (Wildman–Crippen LogP) is 6.62. The van der Waals surface area contributed by atoms with E-state index in [-0.39, 0.29) is 17.5 Å². The molecular formula is C26H23F2N3OS. The number of nitrogens with zero attached hydrogens (tertiary/aromatic N) is 3. The Morgan fingerprint density at radius 3 is 2.03 bits per heavy atom. The lowest BCUT2D eigenvalue weighted by Gasteiger charge is -2.20. The van der Waals surface area contributed by atoms with Gasteiger partial charge in [0.1, 0.15) is 11.6 Å². The van der Waals surface area contributed by atoms with Crippen LogP contribution in [-0.2, 0) is 4.79 Å². The molecule has 1 saturated heterocycles. The van der Waals surface area contributed by atoms with Gasteiger partial charge in [-0.15, -0.1) is 0 Å². The lowest BCUT2D eigenvalue weighted by atomic mass is 10.1. The number of hydrogen-bond donors (Lipinski definition) is 0. The normalized spacial score (nSPS) is 16.1. The molecule has 0 radical (unpaired) electrons. The fourth-order valence-electron chi connectivity index (χ4n) is 3.51. The number of carbonyl (C=O) groups is 1. The maximum atomic E-state index is 13.5. The molecule has 7 heteroatoms. The van der Waals surface area contributed by atoms with Gasteiger partial charge in [0.2, 0.25) is 0 Å². The summed E-state index contributed by atoms with van der Waals surface area (Å²) in [7, 11) is 0. The van der Waals surface area contributed by atoms with E-state index in [4.69, 9.17) is 0 Å². The molecule has 0 saturated carbocycles. The second-order valence-corrected chi connectivity index (χ2v) is 8.37. The van der Waals surface area contributed by atoms with Crippen molar-refractivity contribution in [3.63, 3.8) is 0 Å². The van der Waals surface area contributed by atoms with Crippen LogP contribution in [0.2, 0.25) is 0 Å². The van der Waals surface area contributed by atoms with Crippen LogP contribution in [0.3, 0.4) is 0 Å². The number of thioether (sulfide) groups is 1. The molecule has 1 amide bonds. The highest BCUT2D eigenvalue weighted by Crippen LogP contribution is 2.37. The third-order valence-electron chi connectivity index (χ3n) is 5.26. The van der Waals surface area contributed by atoms with Gasteiger partial charge in [0.05, 0.1) is 16.3 Å². The molecule has 0 aliphatic carbocycles. The van der Waals surface area contributed by atoms with E-state index < -0.39 is 0 Å². The third-order valence-corrected chi connectivity index (χ3v) is 6.23. The Bertz CT molecular complexity index is 1190. The number of halogens is 2. The topological polar surface area (TPSA) is 35.9 Å². The van der Waals surface area contributed by atoms with Crippen LogP contribution >= 0.6 is 11.8 Å². The molecule has 1 aliphatic heterocycles. The molecule has 0 bridgehead atoms. The Labute approximate surface area is 196 Å². The Morgan fingerprint density at radius 2 is 1.45 bits per heavy atom. The average Bonchev–Trinajstić information content (AvgIpc) is 3.12. The van der Waals surface area contributed by atoms with Crippen molar-refractivity contribution in [1.29, 1.82) is 0 Å². The molecule has 0 atom stereocenters. The summed E-state index contributed by atoms with van der Waals surface area (Å²) in [6, 6.07) is 19.4. The number of amidine groups is 1. The lowest BCUT2D eigenvalue weighted by molar-refractivity contribution is -0.113. The standard InChI is InChI=1S/C26H23F2N3OS/c1-3-30(4-2)22-13-5-18(6-14-22)17-24-25(32)31(23-15-9-20(28)10-16-23)26(33-24)29-21-11-7-19(27)8-12-21/h5-17H,3-4H2,1-2H3/b24-17+,29-26?. The van der Waals surface area contributed by atoms with E-state index in [1.54, 1.807) is 12.1 Å². The second kappa shape index (κ2) is 10.0. The zero-order chi connectivity index (χ0) is 23.4. The third kappa shape index (κ3) is 5.14. The van der Waals surface area contributed by atoms with Gasteiger partial charge in [-0.2, -0.15) is 0 Å². The van der Waals surface area contributed by atoms with Crippen LogP contribution in [0, 0.1) is 11.6 Å². The molecule has 0 spiro atoms. The van der Waals surface area contributed by atoms with Crippen LogP contribution in [0.15, 0.2) is 82.7 Å². The van der Waals surface area contributed by atoms with Crippen molar-refractivity contribution < 1.29 is 13.6 Å². The Hall–Kier alpha value is -3.45. The van der Waals surface area contributed by atoms with E-state index in [0.29, 0.717) is 21.4 Å². The number of hydrogen-bond acceptors (Lipinski definition) is 4. The molecule has 0 aromatic heterocycles. The average molecular weight is 464 g/mol. The zero-order valence-corrected chi connectivity index (χ0v) is 19.2. The molecule has 0 N–H and O–H groups in total. The minimum atomic E-state index is -0.390. The molecule has 33 heavy (non-hydrogen) atoms. The number of anilines is 2. The van der Waals surface area contributed by atoms with Gasteiger partial charge in [-0.1, -0.05) is 12.1 Å². The number of rotatable bonds is 6. The van der Waals surface area contributed by atoms with Crippen LogP contribution in [0.1, 0.15) is 19.4 Å². The highest BCUT2D eigenvalue weighted by molar-refractivity contribution is 8.19. The molecule has 1 fully saturated rings. The van der Waals surface area contributed by atoms with Gasteiger partial charge in [0.25, 0.3) is 5.91 Å². The minimum Gasteiger partial charge on any atom is -0.372 e. The molecule has 168 valence electrons.